The van der Waals surface area contributed by atoms with Gasteiger partial charge in [-0.05, 0) is 25.1 Å². The van der Waals surface area contributed by atoms with Gasteiger partial charge in [-0.25, -0.2) is 0 Å². The molecule has 0 heterocycles. The molecule has 0 aliphatic carbocycles. The summed E-state index contributed by atoms with van der Waals surface area (Å²) < 4.78 is 6.65. The molecular weight excluding hydrogens is 363 g/mol. The van der Waals surface area contributed by atoms with Gasteiger partial charge in [-0.3, -0.25) is 0 Å². The van der Waals surface area contributed by atoms with Crippen molar-refractivity contribution < 1.29 is 9.84 Å². The Balaban J connectivity index is 2.22. The van der Waals surface area contributed by atoms with E-state index in [1.807, 2.05) is 30.3 Å². The fourth-order valence-corrected chi connectivity index (χ4v) is 2.51. The zero-order valence-corrected chi connectivity index (χ0v) is 13.8. The first kappa shape index (κ1) is 15.6. The molecule has 1 unspecified atom stereocenters. The van der Waals surface area contributed by atoms with Crippen LogP contribution < -0.4 is 4.74 Å². The number of rotatable bonds is 4. The second-order valence-corrected chi connectivity index (χ2v) is 6.06. The minimum absolute atomic E-state index is 0.287. The quantitative estimate of drug-likeness (QED) is 0.776. The summed E-state index contributed by atoms with van der Waals surface area (Å²) in [5.74, 6) is 0.616. The number of hydrogen-bond donors (Lipinski definition) is 1. The third-order valence-corrected chi connectivity index (χ3v) is 4.19. The van der Waals surface area contributed by atoms with Gasteiger partial charge in [0.05, 0.1) is 16.1 Å². The second kappa shape index (κ2) is 6.81. The smallest absolute Gasteiger partial charge is 0.126 e. The van der Waals surface area contributed by atoms with Crippen molar-refractivity contribution in [2.75, 3.05) is 0 Å². The second-order valence-electron chi connectivity index (χ2n) is 4.36. The van der Waals surface area contributed by atoms with Crippen LogP contribution in [0.3, 0.4) is 0 Å². The lowest BCUT2D eigenvalue weighted by Gasteiger charge is -2.14. The van der Waals surface area contributed by atoms with Gasteiger partial charge in [-0.1, -0.05) is 57.3 Å². The van der Waals surface area contributed by atoms with E-state index in [0.717, 1.165) is 15.6 Å². The van der Waals surface area contributed by atoms with Crippen molar-refractivity contribution >= 4 is 39.1 Å². The predicted molar refractivity (Wildman–Crippen MR) is 85.6 cm³/mol. The van der Waals surface area contributed by atoms with Crippen LogP contribution in [0.5, 0.6) is 5.75 Å². The fraction of sp³-hybridized carbons (Fsp3) is 0.200. The lowest BCUT2D eigenvalue weighted by Crippen LogP contribution is -2.01. The molecule has 0 bridgehead atoms. The Bertz CT molecular complexity index is 615. The summed E-state index contributed by atoms with van der Waals surface area (Å²) in [7, 11) is 0. The molecule has 2 rings (SSSR count). The van der Waals surface area contributed by atoms with Crippen molar-refractivity contribution in [1.82, 2.24) is 0 Å². The lowest BCUT2D eigenvalue weighted by molar-refractivity contribution is 0.190. The Hall–Kier alpha value is -0.740. The maximum absolute atomic E-state index is 9.75. The van der Waals surface area contributed by atoms with E-state index in [2.05, 4.69) is 15.9 Å². The molecule has 106 valence electrons. The maximum Gasteiger partial charge on any atom is 0.126 e. The SMILES string of the molecule is CC(O)c1ccc(Br)cc1OCc1cccc(Cl)c1Cl. The Morgan fingerprint density at radius 3 is 2.70 bits per heavy atom. The molecule has 1 N–H and O–H groups in total. The molecule has 0 amide bonds. The third-order valence-electron chi connectivity index (χ3n) is 2.84. The number of benzene rings is 2. The van der Waals surface area contributed by atoms with Crippen LogP contribution >= 0.6 is 39.1 Å². The van der Waals surface area contributed by atoms with Crippen molar-refractivity contribution in [1.29, 1.82) is 0 Å². The van der Waals surface area contributed by atoms with E-state index in [1.54, 1.807) is 13.0 Å². The van der Waals surface area contributed by atoms with Crippen molar-refractivity contribution in [2.24, 2.45) is 0 Å². The lowest BCUT2D eigenvalue weighted by atomic mass is 10.1. The van der Waals surface area contributed by atoms with Crippen molar-refractivity contribution in [3.63, 3.8) is 0 Å². The highest BCUT2D eigenvalue weighted by Crippen LogP contribution is 2.31. The summed E-state index contributed by atoms with van der Waals surface area (Å²) >= 11 is 15.5. The van der Waals surface area contributed by atoms with E-state index < -0.39 is 6.10 Å². The van der Waals surface area contributed by atoms with Crippen molar-refractivity contribution in [3.05, 3.63) is 62.0 Å². The van der Waals surface area contributed by atoms with Crippen molar-refractivity contribution in [2.45, 2.75) is 19.6 Å². The molecule has 0 fully saturated rings. The standard InChI is InChI=1S/C15H13BrCl2O2/c1-9(19)12-6-5-11(16)7-14(12)20-8-10-3-2-4-13(17)15(10)18/h2-7,9,19H,8H2,1H3. The summed E-state index contributed by atoms with van der Waals surface area (Å²) in [6.07, 6.45) is -0.604. The van der Waals surface area contributed by atoms with E-state index in [9.17, 15) is 5.11 Å². The average Bonchev–Trinajstić information content (AvgIpc) is 2.40. The molecule has 1 atom stereocenters. The van der Waals surface area contributed by atoms with E-state index in [1.165, 1.54) is 0 Å². The first-order valence-electron chi connectivity index (χ1n) is 6.02. The van der Waals surface area contributed by atoms with Crippen LogP contribution in [-0.2, 0) is 6.61 Å². The molecule has 2 nitrogen and oxygen atoms in total. The van der Waals surface area contributed by atoms with Crippen LogP contribution in [0.4, 0.5) is 0 Å². The minimum Gasteiger partial charge on any atom is -0.488 e. The molecule has 0 spiro atoms. The maximum atomic E-state index is 9.75. The van der Waals surface area contributed by atoms with Gasteiger partial charge in [0.25, 0.3) is 0 Å². The van der Waals surface area contributed by atoms with Gasteiger partial charge in [-0.15, -0.1) is 0 Å². The zero-order chi connectivity index (χ0) is 14.7. The highest BCUT2D eigenvalue weighted by atomic mass is 79.9. The van der Waals surface area contributed by atoms with E-state index >= 15 is 0 Å². The Morgan fingerprint density at radius 2 is 2.00 bits per heavy atom. The van der Waals surface area contributed by atoms with Gasteiger partial charge < -0.3 is 9.84 Å². The van der Waals surface area contributed by atoms with Crippen LogP contribution in [0, 0.1) is 0 Å². The van der Waals surface area contributed by atoms with Gasteiger partial charge in [0.2, 0.25) is 0 Å². The predicted octanol–water partition coefficient (Wildman–Crippen LogP) is 5.39. The molecular formula is C15H13BrCl2O2. The van der Waals surface area contributed by atoms with Crippen LogP contribution in [0.1, 0.15) is 24.2 Å². The number of aliphatic hydroxyl groups is 1. The van der Waals surface area contributed by atoms with E-state index in [-0.39, 0.29) is 6.61 Å². The molecule has 0 radical (unpaired) electrons. The molecule has 2 aromatic carbocycles. The monoisotopic (exact) mass is 374 g/mol. The zero-order valence-electron chi connectivity index (χ0n) is 10.7. The largest absolute Gasteiger partial charge is 0.488 e. The Morgan fingerprint density at radius 1 is 1.25 bits per heavy atom. The topological polar surface area (TPSA) is 29.5 Å². The average molecular weight is 376 g/mol. The molecule has 5 heteroatoms. The van der Waals surface area contributed by atoms with Gasteiger partial charge in [-0.2, -0.15) is 0 Å². The number of halogens is 3. The molecule has 0 aliphatic rings. The summed E-state index contributed by atoms with van der Waals surface area (Å²) in [5, 5.41) is 10.7. The highest BCUT2D eigenvalue weighted by Gasteiger charge is 2.11. The number of ether oxygens (including phenoxy) is 1. The first-order chi connectivity index (χ1) is 9.49. The van der Waals surface area contributed by atoms with Crippen LogP contribution in [0.25, 0.3) is 0 Å². The summed E-state index contributed by atoms with van der Waals surface area (Å²) in [6.45, 7) is 1.98. The summed E-state index contributed by atoms with van der Waals surface area (Å²) in [6, 6.07) is 10.9. The summed E-state index contributed by atoms with van der Waals surface area (Å²) in [5.41, 5.74) is 1.53. The van der Waals surface area contributed by atoms with Gasteiger partial charge in [0.15, 0.2) is 0 Å². The van der Waals surface area contributed by atoms with Crippen LogP contribution in [0.15, 0.2) is 40.9 Å². The van der Waals surface area contributed by atoms with Crippen molar-refractivity contribution in [3.8, 4) is 5.75 Å². The molecule has 0 saturated heterocycles. The van der Waals surface area contributed by atoms with Gasteiger partial charge in [0.1, 0.15) is 12.4 Å². The number of aliphatic hydroxyl groups excluding tert-OH is 1. The molecule has 2 aromatic rings. The Kier molecular flexibility index (Phi) is 5.33. The normalized spacial score (nSPS) is 12.2. The van der Waals surface area contributed by atoms with E-state index in [0.29, 0.717) is 15.8 Å². The minimum atomic E-state index is -0.604. The van der Waals surface area contributed by atoms with Gasteiger partial charge in [0, 0.05) is 15.6 Å². The molecule has 0 aromatic heterocycles. The van der Waals surface area contributed by atoms with Crippen LogP contribution in [-0.4, -0.2) is 5.11 Å². The molecule has 0 aliphatic heterocycles. The number of hydrogen-bond acceptors (Lipinski definition) is 2. The first-order valence-corrected chi connectivity index (χ1v) is 7.57. The summed E-state index contributed by atoms with van der Waals surface area (Å²) in [4.78, 5) is 0. The van der Waals surface area contributed by atoms with E-state index in [4.69, 9.17) is 27.9 Å². The molecule has 20 heavy (non-hydrogen) atoms. The molecule has 0 saturated carbocycles. The van der Waals surface area contributed by atoms with Crippen LogP contribution in [0.2, 0.25) is 10.0 Å². The Labute approximate surface area is 136 Å². The highest BCUT2D eigenvalue weighted by molar-refractivity contribution is 9.10. The fourth-order valence-electron chi connectivity index (χ4n) is 1.79. The van der Waals surface area contributed by atoms with Gasteiger partial charge >= 0.3 is 0 Å². The third kappa shape index (κ3) is 3.67.